The Balaban J connectivity index is 0.000000354. The SMILES string of the molecule is Cc1ccccc1C[NH3+].O=C[O-]. The molecule has 3 nitrogen and oxygen atoms in total. The summed E-state index contributed by atoms with van der Waals surface area (Å²) in [6.07, 6.45) is 0. The lowest BCUT2D eigenvalue weighted by Gasteiger charge is -1.96. The van der Waals surface area contributed by atoms with Crippen LogP contribution >= 0.6 is 0 Å². The molecular weight excluding hydrogens is 154 g/mol. The first-order valence-electron chi connectivity index (χ1n) is 3.65. The predicted molar refractivity (Wildman–Crippen MR) is 43.8 cm³/mol. The van der Waals surface area contributed by atoms with Crippen molar-refractivity contribution in [3.63, 3.8) is 0 Å². The van der Waals surface area contributed by atoms with E-state index < -0.39 is 6.47 Å². The third kappa shape index (κ3) is 3.73. The van der Waals surface area contributed by atoms with Crippen molar-refractivity contribution in [3.8, 4) is 0 Å². The van der Waals surface area contributed by atoms with Gasteiger partial charge in [0.1, 0.15) is 0 Å². The second-order valence-corrected chi connectivity index (χ2v) is 2.27. The number of carbonyl (C=O) groups excluding carboxylic acids is 1. The summed E-state index contributed by atoms with van der Waals surface area (Å²) in [7, 11) is 0. The van der Waals surface area contributed by atoms with E-state index in [9.17, 15) is 0 Å². The van der Waals surface area contributed by atoms with Crippen molar-refractivity contribution in [1.82, 2.24) is 0 Å². The van der Waals surface area contributed by atoms with E-state index in [1.54, 1.807) is 0 Å². The minimum Gasteiger partial charge on any atom is -0.554 e. The Kier molecular flexibility index (Phi) is 5.65. The fourth-order valence-corrected chi connectivity index (χ4v) is 0.891. The zero-order valence-electron chi connectivity index (χ0n) is 7.12. The van der Waals surface area contributed by atoms with E-state index in [4.69, 9.17) is 9.90 Å². The van der Waals surface area contributed by atoms with Crippen LogP contribution in [-0.2, 0) is 11.3 Å². The van der Waals surface area contributed by atoms with Crippen LogP contribution in [0.3, 0.4) is 0 Å². The summed E-state index contributed by atoms with van der Waals surface area (Å²) >= 11 is 0. The van der Waals surface area contributed by atoms with Crippen molar-refractivity contribution >= 4 is 6.47 Å². The second kappa shape index (κ2) is 6.37. The predicted octanol–water partition coefficient (Wildman–Crippen LogP) is -0.897. The Morgan fingerprint density at radius 1 is 1.50 bits per heavy atom. The number of hydrogen-bond donors (Lipinski definition) is 1. The number of hydrogen-bond acceptors (Lipinski definition) is 2. The van der Waals surface area contributed by atoms with E-state index in [2.05, 4.69) is 30.9 Å². The van der Waals surface area contributed by atoms with Gasteiger partial charge in [-0.3, -0.25) is 0 Å². The number of benzene rings is 1. The van der Waals surface area contributed by atoms with Gasteiger partial charge in [0.25, 0.3) is 0 Å². The van der Waals surface area contributed by atoms with Gasteiger partial charge in [-0.05, 0) is 12.5 Å². The molecule has 0 unspecified atom stereocenters. The molecule has 1 aromatic carbocycles. The summed E-state index contributed by atoms with van der Waals surface area (Å²) in [5.74, 6) is 0. The Morgan fingerprint density at radius 3 is 2.33 bits per heavy atom. The minimum atomic E-state index is -0.500. The summed E-state index contributed by atoms with van der Waals surface area (Å²) in [5, 5.41) is 8.25. The summed E-state index contributed by atoms with van der Waals surface area (Å²) in [4.78, 5) is 8.25. The summed E-state index contributed by atoms with van der Waals surface area (Å²) in [5.41, 5.74) is 6.50. The van der Waals surface area contributed by atoms with E-state index in [-0.39, 0.29) is 0 Å². The summed E-state index contributed by atoms with van der Waals surface area (Å²) < 4.78 is 0. The first-order valence-corrected chi connectivity index (χ1v) is 3.65. The molecule has 0 saturated heterocycles. The summed E-state index contributed by atoms with van der Waals surface area (Å²) in [6, 6.07) is 8.32. The van der Waals surface area contributed by atoms with E-state index in [0.29, 0.717) is 0 Å². The van der Waals surface area contributed by atoms with Crippen molar-refractivity contribution in [2.75, 3.05) is 0 Å². The van der Waals surface area contributed by atoms with Crippen LogP contribution in [0.4, 0.5) is 0 Å². The fourth-order valence-electron chi connectivity index (χ4n) is 0.891. The quantitative estimate of drug-likeness (QED) is 0.551. The van der Waals surface area contributed by atoms with Gasteiger partial charge < -0.3 is 15.6 Å². The van der Waals surface area contributed by atoms with Gasteiger partial charge in [-0.25, -0.2) is 0 Å². The monoisotopic (exact) mass is 167 g/mol. The molecule has 0 atom stereocenters. The van der Waals surface area contributed by atoms with Crippen molar-refractivity contribution in [2.45, 2.75) is 13.5 Å². The third-order valence-electron chi connectivity index (χ3n) is 1.53. The zero-order chi connectivity index (χ0) is 9.40. The van der Waals surface area contributed by atoms with Crippen LogP contribution in [0, 0.1) is 6.92 Å². The average Bonchev–Trinajstić information content (AvgIpc) is 2.07. The summed E-state index contributed by atoms with van der Waals surface area (Å²) in [6.45, 7) is 2.51. The fraction of sp³-hybridized carbons (Fsp3) is 0.222. The number of rotatable bonds is 1. The van der Waals surface area contributed by atoms with Gasteiger partial charge in [0, 0.05) is 12.0 Å². The molecule has 0 heterocycles. The van der Waals surface area contributed by atoms with Crippen molar-refractivity contribution < 1.29 is 15.6 Å². The molecule has 0 bridgehead atoms. The number of carboxylic acid groups (broad SMARTS) is 1. The van der Waals surface area contributed by atoms with Gasteiger partial charge in [0.15, 0.2) is 0 Å². The molecule has 0 aliphatic heterocycles. The molecule has 0 saturated carbocycles. The lowest BCUT2D eigenvalue weighted by molar-refractivity contribution is -0.386. The highest BCUT2D eigenvalue weighted by atomic mass is 16.3. The van der Waals surface area contributed by atoms with Gasteiger partial charge in [0.2, 0.25) is 0 Å². The van der Waals surface area contributed by atoms with Crippen LogP contribution in [-0.4, -0.2) is 6.47 Å². The molecule has 0 radical (unpaired) electrons. The Morgan fingerprint density at radius 2 is 2.00 bits per heavy atom. The Labute approximate surface area is 71.8 Å². The Hall–Kier alpha value is -1.35. The van der Waals surface area contributed by atoms with Crippen LogP contribution in [0.25, 0.3) is 0 Å². The number of carbonyl (C=O) groups is 1. The van der Waals surface area contributed by atoms with Crippen LogP contribution in [0.1, 0.15) is 11.1 Å². The molecule has 0 amide bonds. The van der Waals surface area contributed by atoms with Gasteiger partial charge in [-0.15, -0.1) is 0 Å². The molecule has 66 valence electrons. The molecule has 0 aromatic heterocycles. The smallest absolute Gasteiger partial charge is 0.0999 e. The van der Waals surface area contributed by atoms with E-state index in [1.807, 2.05) is 6.07 Å². The molecule has 0 aliphatic carbocycles. The van der Waals surface area contributed by atoms with Crippen molar-refractivity contribution in [3.05, 3.63) is 35.4 Å². The third-order valence-corrected chi connectivity index (χ3v) is 1.53. The highest BCUT2D eigenvalue weighted by molar-refractivity contribution is 5.29. The van der Waals surface area contributed by atoms with Gasteiger partial charge in [0.05, 0.1) is 6.54 Å². The van der Waals surface area contributed by atoms with Crippen LogP contribution in [0.5, 0.6) is 0 Å². The topological polar surface area (TPSA) is 67.8 Å². The zero-order valence-corrected chi connectivity index (χ0v) is 7.12. The lowest BCUT2D eigenvalue weighted by atomic mass is 10.1. The molecule has 3 N–H and O–H groups in total. The molecule has 1 aromatic rings. The minimum absolute atomic E-state index is 0.500. The molecule has 3 heteroatoms. The van der Waals surface area contributed by atoms with Crippen LogP contribution < -0.4 is 10.8 Å². The van der Waals surface area contributed by atoms with Gasteiger partial charge >= 0.3 is 0 Å². The standard InChI is InChI=1S/C8H11N.CH2O2/c1-7-4-2-3-5-8(7)6-9;2-1-3/h2-5H,6,9H2,1H3;1H,(H,2,3). The largest absolute Gasteiger partial charge is 0.554 e. The first kappa shape index (κ1) is 10.7. The highest BCUT2D eigenvalue weighted by Gasteiger charge is 1.92. The van der Waals surface area contributed by atoms with E-state index in [1.165, 1.54) is 11.1 Å². The average molecular weight is 167 g/mol. The molecule has 0 aliphatic rings. The number of aryl methyl sites for hydroxylation is 1. The van der Waals surface area contributed by atoms with Crippen molar-refractivity contribution in [2.24, 2.45) is 0 Å². The van der Waals surface area contributed by atoms with E-state index in [0.717, 1.165) is 6.54 Å². The number of quaternary nitrogens is 1. The maximum Gasteiger partial charge on any atom is 0.0999 e. The normalized spacial score (nSPS) is 8.17. The Bertz CT molecular complexity index is 236. The maximum absolute atomic E-state index is 8.25. The van der Waals surface area contributed by atoms with Gasteiger partial charge in [-0.2, -0.15) is 0 Å². The van der Waals surface area contributed by atoms with E-state index >= 15 is 0 Å². The molecule has 0 fully saturated rings. The molecule has 0 spiro atoms. The van der Waals surface area contributed by atoms with Crippen molar-refractivity contribution in [1.29, 1.82) is 0 Å². The van der Waals surface area contributed by atoms with Crippen LogP contribution in [0.15, 0.2) is 24.3 Å². The lowest BCUT2D eigenvalue weighted by Crippen LogP contribution is -2.47. The maximum atomic E-state index is 8.25. The molecular formula is C9H13NO2. The molecule has 1 rings (SSSR count). The second-order valence-electron chi connectivity index (χ2n) is 2.27. The highest BCUT2D eigenvalue weighted by Crippen LogP contribution is 2.03. The van der Waals surface area contributed by atoms with Crippen LogP contribution in [0.2, 0.25) is 0 Å². The molecule has 12 heavy (non-hydrogen) atoms. The first-order chi connectivity index (χ1) is 5.76. The van der Waals surface area contributed by atoms with Gasteiger partial charge in [-0.1, -0.05) is 24.3 Å².